The molecule has 2 N–H and O–H groups in total. The van der Waals surface area contributed by atoms with E-state index in [-0.39, 0.29) is 4.90 Å². The monoisotopic (exact) mass is 420 g/mol. The Balaban J connectivity index is 1.88. The number of sulfonamides is 1. The molecule has 1 atom stereocenters. The third kappa shape index (κ3) is 6.30. The van der Waals surface area contributed by atoms with Gasteiger partial charge in [-0.25, -0.2) is 8.42 Å². The van der Waals surface area contributed by atoms with E-state index >= 15 is 0 Å². The van der Waals surface area contributed by atoms with Gasteiger partial charge < -0.3 is 14.8 Å². The Morgan fingerprint density at radius 2 is 1.69 bits per heavy atom. The minimum absolute atomic E-state index is 0.0227. The number of amides is 1. The number of rotatable bonds is 8. The first-order valence-electron chi connectivity index (χ1n) is 8.82. The van der Waals surface area contributed by atoms with Gasteiger partial charge in [-0.15, -0.1) is 0 Å². The van der Waals surface area contributed by atoms with E-state index in [9.17, 15) is 18.0 Å². The van der Waals surface area contributed by atoms with Crippen molar-refractivity contribution in [2.24, 2.45) is 0 Å². The lowest BCUT2D eigenvalue weighted by Crippen LogP contribution is -2.40. The number of aryl methyl sites for hydroxylation is 2. The lowest BCUT2D eigenvalue weighted by atomic mass is 10.1. The van der Waals surface area contributed by atoms with Crippen molar-refractivity contribution in [3.63, 3.8) is 0 Å². The summed E-state index contributed by atoms with van der Waals surface area (Å²) in [5, 5.41) is 2.62. The molecule has 156 valence electrons. The highest BCUT2D eigenvalue weighted by atomic mass is 32.2. The highest BCUT2D eigenvalue weighted by Crippen LogP contribution is 2.16. The summed E-state index contributed by atoms with van der Waals surface area (Å²) in [4.78, 5) is 24.0. The van der Waals surface area contributed by atoms with Crippen molar-refractivity contribution in [1.29, 1.82) is 0 Å². The smallest absolute Gasteiger partial charge is 0.324 e. The van der Waals surface area contributed by atoms with Gasteiger partial charge in [0.25, 0.3) is 5.91 Å². The Bertz CT molecular complexity index is 987. The van der Waals surface area contributed by atoms with Crippen molar-refractivity contribution in [2.45, 2.75) is 31.7 Å². The van der Waals surface area contributed by atoms with Crippen LogP contribution in [0.1, 0.15) is 18.1 Å². The molecule has 2 aromatic rings. The summed E-state index contributed by atoms with van der Waals surface area (Å²) in [5.41, 5.74) is 2.69. The van der Waals surface area contributed by atoms with Gasteiger partial charge in [0.2, 0.25) is 10.0 Å². The van der Waals surface area contributed by atoms with E-state index in [0.717, 1.165) is 11.1 Å². The van der Waals surface area contributed by atoms with Crippen LogP contribution in [0.5, 0.6) is 5.75 Å². The van der Waals surface area contributed by atoms with Crippen LogP contribution in [0.2, 0.25) is 0 Å². The van der Waals surface area contributed by atoms with Crippen molar-refractivity contribution in [3.05, 3.63) is 53.6 Å². The number of carbonyl (C=O) groups excluding carboxylic acids is 2. The molecule has 0 aliphatic heterocycles. The summed E-state index contributed by atoms with van der Waals surface area (Å²) in [6, 6.07) is 9.95. The van der Waals surface area contributed by atoms with Gasteiger partial charge in [0, 0.05) is 5.69 Å². The van der Waals surface area contributed by atoms with Crippen molar-refractivity contribution in [1.82, 2.24) is 4.72 Å². The summed E-state index contributed by atoms with van der Waals surface area (Å²) in [6.07, 6.45) is 0. The molecule has 0 spiro atoms. The van der Waals surface area contributed by atoms with Crippen LogP contribution in [0.25, 0.3) is 0 Å². The van der Waals surface area contributed by atoms with Crippen LogP contribution in [0, 0.1) is 13.8 Å². The fraction of sp³-hybridized carbons (Fsp3) is 0.300. The van der Waals surface area contributed by atoms with E-state index in [1.165, 1.54) is 38.3 Å². The molecule has 2 rings (SSSR count). The fourth-order valence-corrected chi connectivity index (χ4v) is 3.57. The SMILES string of the molecule is COc1ccc(S(=O)(=O)N[C@@H](C)C(=O)OCC(=O)Nc2ccc(C)c(C)c2)cc1. The number of carbonyl (C=O) groups is 2. The molecule has 0 radical (unpaired) electrons. The second kappa shape index (κ2) is 9.53. The van der Waals surface area contributed by atoms with E-state index in [4.69, 9.17) is 9.47 Å². The first kappa shape index (κ1) is 22.4. The molecule has 0 saturated heterocycles. The molecule has 2 aromatic carbocycles. The minimum Gasteiger partial charge on any atom is -0.497 e. The summed E-state index contributed by atoms with van der Waals surface area (Å²) in [5.74, 6) is -0.879. The van der Waals surface area contributed by atoms with Crippen LogP contribution < -0.4 is 14.8 Å². The first-order valence-corrected chi connectivity index (χ1v) is 10.3. The molecule has 0 aliphatic rings. The van der Waals surface area contributed by atoms with Gasteiger partial charge in [-0.05, 0) is 68.3 Å². The number of benzene rings is 2. The van der Waals surface area contributed by atoms with Crippen LogP contribution >= 0.6 is 0 Å². The molecule has 0 fully saturated rings. The Hall–Kier alpha value is -2.91. The number of methoxy groups -OCH3 is 1. The van der Waals surface area contributed by atoms with Crippen molar-refractivity contribution in [2.75, 3.05) is 19.0 Å². The van der Waals surface area contributed by atoms with Crippen LogP contribution in [0.4, 0.5) is 5.69 Å². The molecule has 29 heavy (non-hydrogen) atoms. The van der Waals surface area contributed by atoms with Crippen LogP contribution in [0.3, 0.4) is 0 Å². The molecule has 1 amide bonds. The van der Waals surface area contributed by atoms with Gasteiger partial charge in [-0.1, -0.05) is 6.07 Å². The zero-order chi connectivity index (χ0) is 21.6. The Morgan fingerprint density at radius 3 is 2.28 bits per heavy atom. The maximum atomic E-state index is 12.3. The molecule has 0 heterocycles. The predicted octanol–water partition coefficient (Wildman–Crippen LogP) is 2.16. The van der Waals surface area contributed by atoms with Crippen molar-refractivity contribution >= 4 is 27.6 Å². The molecule has 9 heteroatoms. The maximum absolute atomic E-state index is 12.3. The third-order valence-electron chi connectivity index (χ3n) is 4.19. The van der Waals surface area contributed by atoms with Gasteiger partial charge in [0.05, 0.1) is 12.0 Å². The van der Waals surface area contributed by atoms with E-state index in [1.54, 1.807) is 12.1 Å². The van der Waals surface area contributed by atoms with Crippen molar-refractivity contribution < 1.29 is 27.5 Å². The number of ether oxygens (including phenoxy) is 2. The predicted molar refractivity (Wildman–Crippen MR) is 108 cm³/mol. The van der Waals surface area contributed by atoms with E-state index < -0.39 is 34.5 Å². The quantitative estimate of drug-likeness (QED) is 0.633. The molecular formula is C20H24N2O6S. The van der Waals surface area contributed by atoms with Crippen LogP contribution in [0.15, 0.2) is 47.4 Å². The number of hydrogen-bond acceptors (Lipinski definition) is 6. The lowest BCUT2D eigenvalue weighted by molar-refractivity contribution is -0.148. The largest absolute Gasteiger partial charge is 0.497 e. The molecule has 0 unspecified atom stereocenters. The highest BCUT2D eigenvalue weighted by molar-refractivity contribution is 7.89. The van der Waals surface area contributed by atoms with Crippen LogP contribution in [-0.2, 0) is 24.3 Å². The number of anilines is 1. The highest BCUT2D eigenvalue weighted by Gasteiger charge is 2.23. The summed E-state index contributed by atoms with van der Waals surface area (Å²) < 4.78 is 36.8. The molecular weight excluding hydrogens is 396 g/mol. The van der Waals surface area contributed by atoms with E-state index in [1.807, 2.05) is 19.9 Å². The van der Waals surface area contributed by atoms with Gasteiger partial charge in [0.15, 0.2) is 6.61 Å². The van der Waals surface area contributed by atoms with E-state index in [0.29, 0.717) is 11.4 Å². The average Bonchev–Trinajstić information content (AvgIpc) is 2.68. The average molecular weight is 420 g/mol. The lowest BCUT2D eigenvalue weighted by Gasteiger charge is -2.14. The standard InChI is InChI=1S/C20H24N2O6S/c1-13-5-6-16(11-14(13)2)21-19(23)12-28-20(24)15(3)22-29(25,26)18-9-7-17(27-4)8-10-18/h5-11,15,22H,12H2,1-4H3,(H,21,23)/t15-/m0/s1. The van der Waals surface area contributed by atoms with Gasteiger partial charge in [0.1, 0.15) is 11.8 Å². The second-order valence-corrected chi connectivity index (χ2v) is 8.19. The maximum Gasteiger partial charge on any atom is 0.324 e. The molecule has 0 aromatic heterocycles. The van der Waals surface area contributed by atoms with Crippen LogP contribution in [-0.4, -0.2) is 40.1 Å². The Kier molecular flexibility index (Phi) is 7.35. The number of nitrogens with one attached hydrogen (secondary N) is 2. The van der Waals surface area contributed by atoms with Gasteiger partial charge >= 0.3 is 5.97 Å². The first-order chi connectivity index (χ1) is 13.6. The zero-order valence-corrected chi connectivity index (χ0v) is 17.5. The Labute approximate surface area is 170 Å². The topological polar surface area (TPSA) is 111 Å². The molecule has 0 bridgehead atoms. The van der Waals surface area contributed by atoms with Gasteiger partial charge in [-0.2, -0.15) is 4.72 Å². The number of hydrogen-bond donors (Lipinski definition) is 2. The normalized spacial score (nSPS) is 12.1. The number of esters is 1. The fourth-order valence-electron chi connectivity index (χ4n) is 2.38. The summed E-state index contributed by atoms with van der Waals surface area (Å²) in [6.45, 7) is 4.68. The molecule has 8 nitrogen and oxygen atoms in total. The molecule has 0 saturated carbocycles. The summed E-state index contributed by atoms with van der Waals surface area (Å²) in [7, 11) is -2.46. The summed E-state index contributed by atoms with van der Waals surface area (Å²) >= 11 is 0. The van der Waals surface area contributed by atoms with E-state index in [2.05, 4.69) is 10.0 Å². The van der Waals surface area contributed by atoms with Crippen molar-refractivity contribution in [3.8, 4) is 5.75 Å². The second-order valence-electron chi connectivity index (χ2n) is 6.47. The van der Waals surface area contributed by atoms with Gasteiger partial charge in [-0.3, -0.25) is 9.59 Å². The minimum atomic E-state index is -3.93. The zero-order valence-electron chi connectivity index (χ0n) is 16.7. The Morgan fingerprint density at radius 1 is 1.03 bits per heavy atom. The third-order valence-corrected chi connectivity index (χ3v) is 5.75. The molecule has 0 aliphatic carbocycles.